The van der Waals surface area contributed by atoms with Crippen molar-refractivity contribution < 1.29 is 9.53 Å². The van der Waals surface area contributed by atoms with Crippen LogP contribution in [0, 0.1) is 0 Å². The molecule has 0 amide bonds. The molecule has 0 atom stereocenters. The number of aromatic nitrogens is 1. The van der Waals surface area contributed by atoms with Gasteiger partial charge in [0.15, 0.2) is 0 Å². The number of carbonyl (C=O) groups excluding carboxylic acids is 1. The Morgan fingerprint density at radius 2 is 1.50 bits per heavy atom. The molecule has 0 radical (unpaired) electrons. The minimum atomic E-state index is -0.221. The van der Waals surface area contributed by atoms with E-state index in [-0.39, 0.29) is 17.8 Å². The van der Waals surface area contributed by atoms with Crippen LogP contribution in [0.15, 0.2) is 84.9 Å². The second-order valence-corrected chi connectivity index (χ2v) is 8.46. The van der Waals surface area contributed by atoms with E-state index in [9.17, 15) is 4.79 Å². The Hall–Kier alpha value is -2.63. The third kappa shape index (κ3) is 4.61. The monoisotopic (exact) mass is 405 g/mol. The van der Waals surface area contributed by atoms with E-state index in [1.54, 1.807) is 23.1 Å². The molecule has 3 aromatic carbocycles. The van der Waals surface area contributed by atoms with Gasteiger partial charge in [0.25, 0.3) is 0 Å². The molecular weight excluding hydrogens is 386 g/mol. The van der Waals surface area contributed by atoms with Crippen LogP contribution in [-0.4, -0.2) is 16.7 Å². The van der Waals surface area contributed by atoms with Gasteiger partial charge in [0, 0.05) is 0 Å². The van der Waals surface area contributed by atoms with Crippen LogP contribution in [0.2, 0.25) is 0 Å². The Kier molecular flexibility index (Phi) is 6.04. The molecule has 0 spiro atoms. The van der Waals surface area contributed by atoms with Gasteiger partial charge in [-0.15, -0.1) is 23.1 Å². The molecule has 28 heavy (non-hydrogen) atoms. The minimum absolute atomic E-state index is 0.0948. The summed E-state index contributed by atoms with van der Waals surface area (Å²) < 4.78 is 6.58. The first-order valence-electron chi connectivity index (χ1n) is 9.01. The zero-order valence-electron chi connectivity index (χ0n) is 15.2. The van der Waals surface area contributed by atoms with Crippen molar-refractivity contribution in [1.29, 1.82) is 0 Å². The summed E-state index contributed by atoms with van der Waals surface area (Å²) in [5.74, 6) is 0.0698. The molecule has 140 valence electrons. The molecule has 0 bridgehead atoms. The van der Waals surface area contributed by atoms with Gasteiger partial charge >= 0.3 is 5.97 Å². The van der Waals surface area contributed by atoms with Gasteiger partial charge in [-0.3, -0.25) is 4.79 Å². The Bertz CT molecular complexity index is 975. The van der Waals surface area contributed by atoms with E-state index in [0.29, 0.717) is 5.75 Å². The van der Waals surface area contributed by atoms with Crippen molar-refractivity contribution in [3.05, 3.63) is 101 Å². The first kappa shape index (κ1) is 18.7. The third-order valence-electron chi connectivity index (χ3n) is 4.27. The van der Waals surface area contributed by atoms with E-state index in [2.05, 4.69) is 29.2 Å². The molecule has 5 heteroatoms. The molecule has 1 heterocycles. The Morgan fingerprint density at radius 3 is 2.14 bits per heavy atom. The number of benzene rings is 3. The molecule has 1 aromatic heterocycles. The number of para-hydroxylation sites is 1. The molecular formula is C23H19NO2S2. The van der Waals surface area contributed by atoms with Crippen molar-refractivity contribution in [3.63, 3.8) is 0 Å². The summed E-state index contributed by atoms with van der Waals surface area (Å²) in [6, 6.07) is 28.4. The number of hydrogen-bond acceptors (Lipinski definition) is 5. The highest BCUT2D eigenvalue weighted by Gasteiger charge is 2.17. The molecule has 0 N–H and O–H groups in total. The number of carbonyl (C=O) groups is 1. The summed E-state index contributed by atoms with van der Waals surface area (Å²) in [5, 5.41) is 0.916. The standard InChI is InChI=1S/C23H19NO2S2/c25-22(26-15-21-24-19-13-7-8-14-20(19)28-21)16-27-23(17-9-3-1-4-10-17)18-11-5-2-6-12-18/h1-14,23H,15-16H2. The van der Waals surface area contributed by atoms with Gasteiger partial charge in [-0.25, -0.2) is 4.98 Å². The predicted octanol–water partition coefficient (Wildman–Crippen LogP) is 5.86. The summed E-state index contributed by atoms with van der Waals surface area (Å²) in [4.78, 5) is 16.8. The lowest BCUT2D eigenvalue weighted by atomic mass is 10.0. The lowest BCUT2D eigenvalue weighted by molar-refractivity contribution is -0.141. The second kappa shape index (κ2) is 9.04. The van der Waals surface area contributed by atoms with Crippen LogP contribution >= 0.6 is 23.1 Å². The van der Waals surface area contributed by atoms with E-state index >= 15 is 0 Å². The maximum absolute atomic E-state index is 12.3. The molecule has 0 unspecified atom stereocenters. The fourth-order valence-corrected chi connectivity index (χ4v) is 4.92. The van der Waals surface area contributed by atoms with E-state index in [1.165, 1.54) is 11.1 Å². The van der Waals surface area contributed by atoms with Gasteiger partial charge in [-0.05, 0) is 23.3 Å². The maximum atomic E-state index is 12.3. The first-order chi connectivity index (χ1) is 13.8. The van der Waals surface area contributed by atoms with E-state index in [1.807, 2.05) is 60.7 Å². The molecule has 3 nitrogen and oxygen atoms in total. The van der Waals surface area contributed by atoms with Crippen LogP contribution in [-0.2, 0) is 16.1 Å². The normalized spacial score (nSPS) is 11.0. The lowest BCUT2D eigenvalue weighted by Crippen LogP contribution is -2.09. The van der Waals surface area contributed by atoms with Crippen LogP contribution in [0.5, 0.6) is 0 Å². The second-order valence-electron chi connectivity index (χ2n) is 6.25. The smallest absolute Gasteiger partial charge is 0.316 e. The summed E-state index contributed by atoms with van der Waals surface area (Å²) in [7, 11) is 0. The molecule has 0 aliphatic heterocycles. The lowest BCUT2D eigenvalue weighted by Gasteiger charge is -2.17. The zero-order chi connectivity index (χ0) is 19.2. The van der Waals surface area contributed by atoms with Crippen molar-refractivity contribution in [1.82, 2.24) is 4.98 Å². The van der Waals surface area contributed by atoms with Crippen LogP contribution in [0.3, 0.4) is 0 Å². The molecule has 4 rings (SSSR count). The minimum Gasteiger partial charge on any atom is -0.458 e. The van der Waals surface area contributed by atoms with E-state index < -0.39 is 0 Å². The molecule has 0 aliphatic rings. The fraction of sp³-hybridized carbons (Fsp3) is 0.130. The third-order valence-corrected chi connectivity index (χ3v) is 6.56. The fourth-order valence-electron chi connectivity index (χ4n) is 2.96. The van der Waals surface area contributed by atoms with Crippen molar-refractivity contribution in [2.45, 2.75) is 11.9 Å². The molecule has 0 saturated heterocycles. The summed E-state index contributed by atoms with van der Waals surface area (Å²) >= 11 is 3.15. The average Bonchev–Trinajstić information content (AvgIpc) is 3.17. The molecule has 0 aliphatic carbocycles. The summed E-state index contributed by atoms with van der Waals surface area (Å²) in [6.07, 6.45) is 0. The maximum Gasteiger partial charge on any atom is 0.316 e. The van der Waals surface area contributed by atoms with Crippen LogP contribution in [0.1, 0.15) is 21.4 Å². The van der Waals surface area contributed by atoms with Crippen molar-refractivity contribution >= 4 is 39.3 Å². The Labute approximate surface area is 172 Å². The number of fused-ring (bicyclic) bond motifs is 1. The van der Waals surface area contributed by atoms with Gasteiger partial charge in [-0.1, -0.05) is 72.8 Å². The van der Waals surface area contributed by atoms with Crippen LogP contribution in [0.25, 0.3) is 10.2 Å². The highest BCUT2D eigenvalue weighted by molar-refractivity contribution is 8.00. The Balaban J connectivity index is 1.38. The largest absolute Gasteiger partial charge is 0.458 e. The summed E-state index contributed by atoms with van der Waals surface area (Å²) in [5.41, 5.74) is 3.30. The summed E-state index contributed by atoms with van der Waals surface area (Å²) in [6.45, 7) is 0.222. The van der Waals surface area contributed by atoms with Crippen molar-refractivity contribution in [3.8, 4) is 0 Å². The number of ether oxygens (including phenoxy) is 1. The molecule has 4 aromatic rings. The van der Waals surface area contributed by atoms with Crippen molar-refractivity contribution in [2.24, 2.45) is 0 Å². The average molecular weight is 406 g/mol. The zero-order valence-corrected chi connectivity index (χ0v) is 16.8. The number of thioether (sulfide) groups is 1. The highest BCUT2D eigenvalue weighted by Crippen LogP contribution is 2.35. The van der Waals surface area contributed by atoms with E-state index in [4.69, 9.17) is 4.74 Å². The highest BCUT2D eigenvalue weighted by atomic mass is 32.2. The van der Waals surface area contributed by atoms with Gasteiger partial charge in [0.2, 0.25) is 0 Å². The predicted molar refractivity (Wildman–Crippen MR) is 117 cm³/mol. The number of hydrogen-bond donors (Lipinski definition) is 0. The van der Waals surface area contributed by atoms with E-state index in [0.717, 1.165) is 15.2 Å². The van der Waals surface area contributed by atoms with Gasteiger partial charge in [0.05, 0.1) is 21.2 Å². The number of nitrogens with zero attached hydrogens (tertiary/aromatic N) is 1. The van der Waals surface area contributed by atoms with Gasteiger partial charge < -0.3 is 4.74 Å². The quantitative estimate of drug-likeness (QED) is 0.361. The van der Waals surface area contributed by atoms with Crippen LogP contribution < -0.4 is 0 Å². The number of thiazole rings is 1. The SMILES string of the molecule is O=C(CSC(c1ccccc1)c1ccccc1)OCc1nc2ccccc2s1. The van der Waals surface area contributed by atoms with Gasteiger partial charge in [0.1, 0.15) is 11.6 Å². The molecule has 0 fully saturated rings. The topological polar surface area (TPSA) is 39.2 Å². The van der Waals surface area contributed by atoms with Gasteiger partial charge in [-0.2, -0.15) is 0 Å². The number of rotatable bonds is 7. The Morgan fingerprint density at radius 1 is 0.893 bits per heavy atom. The number of esters is 1. The van der Waals surface area contributed by atoms with Crippen molar-refractivity contribution in [2.75, 3.05) is 5.75 Å². The van der Waals surface area contributed by atoms with Crippen LogP contribution in [0.4, 0.5) is 0 Å². The molecule has 0 saturated carbocycles. The first-order valence-corrected chi connectivity index (χ1v) is 10.9.